The summed E-state index contributed by atoms with van der Waals surface area (Å²) in [6, 6.07) is 10.6. The summed E-state index contributed by atoms with van der Waals surface area (Å²) in [5.74, 6) is 2.12. The van der Waals surface area contributed by atoms with Gasteiger partial charge in [-0.25, -0.2) is 0 Å². The molecule has 24 heavy (non-hydrogen) atoms. The number of likely N-dealkylation sites (tertiary alicyclic amines) is 1. The number of guanidine groups is 1. The van der Waals surface area contributed by atoms with E-state index in [2.05, 4.69) is 66.6 Å². The van der Waals surface area contributed by atoms with Gasteiger partial charge in [0.25, 0.3) is 0 Å². The highest BCUT2D eigenvalue weighted by molar-refractivity contribution is 5.79. The molecule has 2 unspecified atom stereocenters. The fraction of sp³-hybridized carbons (Fsp3) is 0.650. The molecule has 0 spiro atoms. The van der Waals surface area contributed by atoms with E-state index in [1.54, 1.807) is 0 Å². The number of benzene rings is 1. The summed E-state index contributed by atoms with van der Waals surface area (Å²) in [5.41, 5.74) is 1.35. The minimum atomic E-state index is 0.437. The van der Waals surface area contributed by atoms with Gasteiger partial charge < -0.3 is 15.5 Å². The van der Waals surface area contributed by atoms with E-state index in [0.29, 0.717) is 5.92 Å². The van der Waals surface area contributed by atoms with Crippen LogP contribution in [0.4, 0.5) is 0 Å². The van der Waals surface area contributed by atoms with Gasteiger partial charge in [0, 0.05) is 32.1 Å². The third-order valence-electron chi connectivity index (χ3n) is 4.84. The van der Waals surface area contributed by atoms with Crippen molar-refractivity contribution in [3.05, 3.63) is 35.9 Å². The van der Waals surface area contributed by atoms with Crippen LogP contribution in [0.5, 0.6) is 0 Å². The van der Waals surface area contributed by atoms with Gasteiger partial charge in [0.15, 0.2) is 5.96 Å². The fourth-order valence-corrected chi connectivity index (χ4v) is 3.30. The molecule has 2 N–H and O–H groups in total. The van der Waals surface area contributed by atoms with Gasteiger partial charge in [-0.2, -0.15) is 0 Å². The number of nitrogens with one attached hydrogen (secondary N) is 2. The molecule has 1 aliphatic heterocycles. The van der Waals surface area contributed by atoms with Crippen molar-refractivity contribution in [2.24, 2.45) is 10.9 Å². The van der Waals surface area contributed by atoms with Gasteiger partial charge >= 0.3 is 0 Å². The Bertz CT molecular complexity index is 486. The van der Waals surface area contributed by atoms with Crippen LogP contribution in [-0.4, -0.2) is 50.1 Å². The minimum Gasteiger partial charge on any atom is -0.357 e. The monoisotopic (exact) mass is 330 g/mol. The topological polar surface area (TPSA) is 39.7 Å². The number of rotatable bonds is 7. The average molecular weight is 331 g/mol. The number of aliphatic imine (C=N–C) groups is 1. The molecular weight excluding hydrogens is 296 g/mol. The Hall–Kier alpha value is -1.55. The van der Waals surface area contributed by atoms with Crippen molar-refractivity contribution >= 4 is 5.96 Å². The number of piperidine rings is 1. The van der Waals surface area contributed by atoms with Crippen molar-refractivity contribution in [3.8, 4) is 0 Å². The van der Waals surface area contributed by atoms with Gasteiger partial charge in [0.2, 0.25) is 0 Å². The van der Waals surface area contributed by atoms with Crippen molar-refractivity contribution in [1.29, 1.82) is 0 Å². The second-order valence-corrected chi connectivity index (χ2v) is 6.81. The quantitative estimate of drug-likeness (QED) is 0.596. The number of nitrogens with zero attached hydrogens (tertiary/aromatic N) is 2. The summed E-state index contributed by atoms with van der Waals surface area (Å²) in [4.78, 5) is 7.35. The third kappa shape index (κ3) is 6.16. The second kappa shape index (κ2) is 10.3. The van der Waals surface area contributed by atoms with Gasteiger partial charge in [-0.15, -0.1) is 0 Å². The first-order chi connectivity index (χ1) is 11.7. The van der Waals surface area contributed by atoms with E-state index in [9.17, 15) is 0 Å². The molecule has 134 valence electrons. The Kier molecular flexibility index (Phi) is 8.10. The SMILES string of the molecule is CCNC(=NCC(C)c1ccccc1)NCC1CCCN(CC)C1. The Labute approximate surface area is 147 Å². The predicted molar refractivity (Wildman–Crippen MR) is 104 cm³/mol. The summed E-state index contributed by atoms with van der Waals surface area (Å²) in [6.07, 6.45) is 2.64. The maximum Gasteiger partial charge on any atom is 0.191 e. The van der Waals surface area contributed by atoms with Gasteiger partial charge in [0.1, 0.15) is 0 Å². The molecule has 2 atom stereocenters. The molecule has 1 heterocycles. The first kappa shape index (κ1) is 18.8. The Morgan fingerprint density at radius 3 is 2.75 bits per heavy atom. The highest BCUT2D eigenvalue weighted by atomic mass is 15.2. The summed E-state index contributed by atoms with van der Waals surface area (Å²) >= 11 is 0. The van der Waals surface area contributed by atoms with Gasteiger partial charge in [-0.05, 0) is 44.3 Å². The Morgan fingerprint density at radius 2 is 2.04 bits per heavy atom. The molecule has 1 aromatic carbocycles. The first-order valence-corrected chi connectivity index (χ1v) is 9.52. The first-order valence-electron chi connectivity index (χ1n) is 9.52. The number of hydrogen-bond donors (Lipinski definition) is 2. The van der Waals surface area contributed by atoms with Crippen LogP contribution in [0.3, 0.4) is 0 Å². The van der Waals surface area contributed by atoms with E-state index in [1.807, 2.05) is 0 Å². The largest absolute Gasteiger partial charge is 0.357 e. The van der Waals surface area contributed by atoms with Crippen molar-refractivity contribution in [3.63, 3.8) is 0 Å². The lowest BCUT2D eigenvalue weighted by molar-refractivity contribution is 0.183. The third-order valence-corrected chi connectivity index (χ3v) is 4.84. The predicted octanol–water partition coefficient (Wildman–Crippen LogP) is 3.08. The van der Waals surface area contributed by atoms with Crippen LogP contribution in [0.1, 0.15) is 45.1 Å². The van der Waals surface area contributed by atoms with Crippen LogP contribution < -0.4 is 10.6 Å². The normalized spacial score (nSPS) is 20.6. The van der Waals surface area contributed by atoms with E-state index in [-0.39, 0.29) is 0 Å². The highest BCUT2D eigenvalue weighted by Crippen LogP contribution is 2.16. The zero-order valence-electron chi connectivity index (χ0n) is 15.6. The molecule has 1 aliphatic rings. The molecule has 2 rings (SSSR count). The van der Waals surface area contributed by atoms with Gasteiger partial charge in [-0.1, -0.05) is 44.2 Å². The summed E-state index contributed by atoms with van der Waals surface area (Å²) in [5, 5.41) is 6.93. The lowest BCUT2D eigenvalue weighted by Gasteiger charge is -2.32. The highest BCUT2D eigenvalue weighted by Gasteiger charge is 2.18. The zero-order valence-corrected chi connectivity index (χ0v) is 15.6. The molecule has 1 saturated heterocycles. The van der Waals surface area contributed by atoms with Crippen molar-refractivity contribution in [1.82, 2.24) is 15.5 Å². The van der Waals surface area contributed by atoms with Crippen LogP contribution >= 0.6 is 0 Å². The van der Waals surface area contributed by atoms with Gasteiger partial charge in [0.05, 0.1) is 0 Å². The van der Waals surface area contributed by atoms with Gasteiger partial charge in [-0.3, -0.25) is 4.99 Å². The van der Waals surface area contributed by atoms with Crippen molar-refractivity contribution < 1.29 is 0 Å². The van der Waals surface area contributed by atoms with Crippen LogP contribution in [0, 0.1) is 5.92 Å². The molecule has 0 aromatic heterocycles. The maximum absolute atomic E-state index is 4.79. The van der Waals surface area contributed by atoms with E-state index in [0.717, 1.165) is 31.5 Å². The molecule has 1 fully saturated rings. The van der Waals surface area contributed by atoms with Crippen LogP contribution in [0.2, 0.25) is 0 Å². The van der Waals surface area contributed by atoms with E-state index >= 15 is 0 Å². The summed E-state index contributed by atoms with van der Waals surface area (Å²) < 4.78 is 0. The van der Waals surface area contributed by atoms with E-state index in [4.69, 9.17) is 4.99 Å². The standard InChI is InChI=1S/C20H34N4/c1-4-21-20(22-14-17(3)19-11-7-6-8-12-19)23-15-18-10-9-13-24(5-2)16-18/h6-8,11-12,17-18H,4-5,9-10,13-16H2,1-3H3,(H2,21,22,23). The lowest BCUT2D eigenvalue weighted by atomic mass is 9.98. The number of hydrogen-bond acceptors (Lipinski definition) is 2. The van der Waals surface area contributed by atoms with Crippen molar-refractivity contribution in [2.75, 3.05) is 39.3 Å². The zero-order chi connectivity index (χ0) is 17.2. The van der Waals surface area contributed by atoms with Crippen LogP contribution in [0.15, 0.2) is 35.3 Å². The van der Waals surface area contributed by atoms with Crippen LogP contribution in [0.25, 0.3) is 0 Å². The smallest absolute Gasteiger partial charge is 0.191 e. The lowest BCUT2D eigenvalue weighted by Crippen LogP contribution is -2.44. The van der Waals surface area contributed by atoms with E-state index in [1.165, 1.54) is 38.0 Å². The average Bonchev–Trinajstić information content (AvgIpc) is 2.64. The van der Waals surface area contributed by atoms with Crippen molar-refractivity contribution in [2.45, 2.75) is 39.5 Å². The fourth-order valence-electron chi connectivity index (χ4n) is 3.30. The Balaban J connectivity index is 1.84. The summed E-state index contributed by atoms with van der Waals surface area (Å²) in [6.45, 7) is 13.0. The molecule has 0 bridgehead atoms. The molecule has 0 saturated carbocycles. The molecule has 4 nitrogen and oxygen atoms in total. The molecular formula is C20H34N4. The van der Waals surface area contributed by atoms with E-state index < -0.39 is 0 Å². The maximum atomic E-state index is 4.79. The summed E-state index contributed by atoms with van der Waals surface area (Å²) in [7, 11) is 0. The molecule has 0 amide bonds. The Morgan fingerprint density at radius 1 is 1.25 bits per heavy atom. The molecule has 1 aromatic rings. The minimum absolute atomic E-state index is 0.437. The second-order valence-electron chi connectivity index (χ2n) is 6.81. The molecule has 0 radical (unpaired) electrons. The molecule has 0 aliphatic carbocycles. The molecule has 4 heteroatoms. The van der Waals surface area contributed by atoms with Crippen LogP contribution in [-0.2, 0) is 0 Å².